The van der Waals surface area contributed by atoms with Crippen molar-refractivity contribution in [1.29, 1.82) is 0 Å². The monoisotopic (exact) mass is 287 g/mol. The highest BCUT2D eigenvalue weighted by molar-refractivity contribution is 9.10. The van der Waals surface area contributed by atoms with Crippen LogP contribution in [0.15, 0.2) is 15.9 Å². The van der Waals surface area contributed by atoms with Crippen molar-refractivity contribution in [2.45, 2.75) is 25.8 Å². The van der Waals surface area contributed by atoms with E-state index in [0.29, 0.717) is 25.8 Å². The second-order valence-electron chi connectivity index (χ2n) is 3.46. The minimum Gasteiger partial charge on any atom is -0.277 e. The zero-order chi connectivity index (χ0) is 10.8. The van der Waals surface area contributed by atoms with Crippen LogP contribution in [0.1, 0.15) is 24.1 Å². The number of likely N-dealkylation sites (tertiary alicyclic amines) is 1. The highest BCUT2D eigenvalue weighted by Gasteiger charge is 2.25. The van der Waals surface area contributed by atoms with Gasteiger partial charge in [0, 0.05) is 27.6 Å². The highest BCUT2D eigenvalue weighted by Crippen LogP contribution is 2.23. The minimum absolute atomic E-state index is 0.0456. The average molecular weight is 288 g/mol. The van der Waals surface area contributed by atoms with E-state index in [2.05, 4.69) is 15.9 Å². The number of nitrogens with zero attached hydrogens (tertiary/aromatic N) is 1. The summed E-state index contributed by atoms with van der Waals surface area (Å²) in [6.07, 6.45) is 1.69. The van der Waals surface area contributed by atoms with Gasteiger partial charge in [-0.3, -0.25) is 14.5 Å². The van der Waals surface area contributed by atoms with Crippen molar-refractivity contribution in [3.63, 3.8) is 0 Å². The number of carbonyl (C=O) groups excluding carboxylic acids is 2. The maximum absolute atomic E-state index is 11.5. The van der Waals surface area contributed by atoms with Crippen LogP contribution >= 0.6 is 27.3 Å². The smallest absolute Gasteiger partial charge is 0.229 e. The molecule has 5 heteroatoms. The van der Waals surface area contributed by atoms with Gasteiger partial charge in [-0.1, -0.05) is 0 Å². The molecule has 1 aliphatic heterocycles. The van der Waals surface area contributed by atoms with Crippen LogP contribution in [0.5, 0.6) is 0 Å². The molecule has 0 saturated carbocycles. The molecule has 80 valence electrons. The van der Waals surface area contributed by atoms with E-state index in [9.17, 15) is 9.59 Å². The predicted molar refractivity (Wildman–Crippen MR) is 61.4 cm³/mol. The van der Waals surface area contributed by atoms with E-state index in [1.807, 2.05) is 11.4 Å². The number of carbonyl (C=O) groups is 2. The highest BCUT2D eigenvalue weighted by atomic mass is 79.9. The molecule has 2 amide bonds. The number of rotatable bonds is 2. The van der Waals surface area contributed by atoms with Gasteiger partial charge in [0.05, 0.1) is 6.54 Å². The van der Waals surface area contributed by atoms with Crippen LogP contribution in [0.2, 0.25) is 0 Å². The molecule has 2 rings (SSSR count). The standard InChI is InChI=1S/C10H10BrNO2S/c11-7-4-8(15-6-7)5-12-9(13)2-1-3-10(12)14/h4,6H,1-3,5H2. The summed E-state index contributed by atoms with van der Waals surface area (Å²) in [6.45, 7) is 0.425. The minimum atomic E-state index is -0.0456. The zero-order valence-electron chi connectivity index (χ0n) is 8.03. The first kappa shape index (κ1) is 10.8. The van der Waals surface area contributed by atoms with Gasteiger partial charge < -0.3 is 0 Å². The van der Waals surface area contributed by atoms with E-state index < -0.39 is 0 Å². The largest absolute Gasteiger partial charge is 0.277 e. The number of piperidine rings is 1. The van der Waals surface area contributed by atoms with Crippen LogP contribution in [-0.4, -0.2) is 16.7 Å². The lowest BCUT2D eigenvalue weighted by Crippen LogP contribution is -2.39. The lowest BCUT2D eigenvalue weighted by atomic mass is 10.1. The van der Waals surface area contributed by atoms with Gasteiger partial charge in [-0.15, -0.1) is 11.3 Å². The van der Waals surface area contributed by atoms with E-state index in [1.165, 1.54) is 4.90 Å². The first-order chi connectivity index (χ1) is 7.16. The van der Waals surface area contributed by atoms with Crippen LogP contribution in [-0.2, 0) is 16.1 Å². The van der Waals surface area contributed by atoms with Crippen LogP contribution in [0.25, 0.3) is 0 Å². The molecule has 0 N–H and O–H groups in total. The van der Waals surface area contributed by atoms with E-state index in [4.69, 9.17) is 0 Å². The Kier molecular flexibility index (Phi) is 3.21. The molecule has 0 unspecified atom stereocenters. The van der Waals surface area contributed by atoms with Gasteiger partial charge in [0.1, 0.15) is 0 Å². The molecule has 3 nitrogen and oxygen atoms in total. The molecule has 2 heterocycles. The molecule has 1 aliphatic rings. The predicted octanol–water partition coefficient (Wildman–Crippen LogP) is 2.55. The number of halogens is 1. The molecular weight excluding hydrogens is 278 g/mol. The lowest BCUT2D eigenvalue weighted by Gasteiger charge is -2.24. The third kappa shape index (κ3) is 2.46. The summed E-state index contributed by atoms with van der Waals surface area (Å²) in [5.41, 5.74) is 0. The summed E-state index contributed by atoms with van der Waals surface area (Å²) < 4.78 is 0.999. The van der Waals surface area contributed by atoms with Crippen molar-refractivity contribution < 1.29 is 9.59 Å². The SMILES string of the molecule is O=C1CCCC(=O)N1Cc1cc(Br)cs1. The van der Waals surface area contributed by atoms with Gasteiger partial charge in [0.2, 0.25) is 11.8 Å². The Labute approximate surface area is 100 Å². The van der Waals surface area contributed by atoms with Gasteiger partial charge in [-0.25, -0.2) is 0 Å². The van der Waals surface area contributed by atoms with E-state index in [-0.39, 0.29) is 11.8 Å². The van der Waals surface area contributed by atoms with Gasteiger partial charge in [-0.2, -0.15) is 0 Å². The number of imide groups is 1. The number of thiophene rings is 1. The average Bonchev–Trinajstić information content (AvgIpc) is 2.58. The molecular formula is C10H10BrNO2S. The number of amides is 2. The molecule has 1 fully saturated rings. The molecule has 1 saturated heterocycles. The first-order valence-electron chi connectivity index (χ1n) is 4.73. The quantitative estimate of drug-likeness (QED) is 0.784. The van der Waals surface area contributed by atoms with Gasteiger partial charge in [0.25, 0.3) is 0 Å². The van der Waals surface area contributed by atoms with Crippen LogP contribution < -0.4 is 0 Å². The van der Waals surface area contributed by atoms with Crippen molar-refractivity contribution in [2.24, 2.45) is 0 Å². The molecule has 0 radical (unpaired) electrons. The molecule has 0 aliphatic carbocycles. The molecule has 1 aromatic heterocycles. The van der Waals surface area contributed by atoms with Gasteiger partial charge in [0.15, 0.2) is 0 Å². The molecule has 0 atom stereocenters. The lowest BCUT2D eigenvalue weighted by molar-refractivity contribution is -0.148. The Morgan fingerprint density at radius 2 is 2.00 bits per heavy atom. The summed E-state index contributed by atoms with van der Waals surface area (Å²) in [5.74, 6) is -0.0912. The van der Waals surface area contributed by atoms with Crippen molar-refractivity contribution in [2.75, 3.05) is 0 Å². The normalized spacial score (nSPS) is 17.3. The van der Waals surface area contributed by atoms with Crippen molar-refractivity contribution in [3.05, 3.63) is 20.8 Å². The number of hydrogen-bond donors (Lipinski definition) is 0. The molecule has 15 heavy (non-hydrogen) atoms. The van der Waals surface area contributed by atoms with Crippen LogP contribution in [0.4, 0.5) is 0 Å². The molecule has 1 aromatic rings. The Morgan fingerprint density at radius 3 is 2.53 bits per heavy atom. The first-order valence-corrected chi connectivity index (χ1v) is 6.40. The fourth-order valence-electron chi connectivity index (χ4n) is 1.57. The third-order valence-electron chi connectivity index (χ3n) is 2.32. The Balaban J connectivity index is 2.09. The van der Waals surface area contributed by atoms with E-state index in [0.717, 1.165) is 9.35 Å². The summed E-state index contributed by atoms with van der Waals surface area (Å²) in [4.78, 5) is 25.4. The molecule has 0 bridgehead atoms. The second kappa shape index (κ2) is 4.45. The third-order valence-corrected chi connectivity index (χ3v) is 4.00. The van der Waals surface area contributed by atoms with Crippen molar-refractivity contribution in [1.82, 2.24) is 4.90 Å². The summed E-state index contributed by atoms with van der Waals surface area (Å²) in [5, 5.41) is 1.95. The van der Waals surface area contributed by atoms with E-state index in [1.54, 1.807) is 11.3 Å². The van der Waals surface area contributed by atoms with Crippen molar-refractivity contribution in [3.8, 4) is 0 Å². The Morgan fingerprint density at radius 1 is 1.33 bits per heavy atom. The Hall–Kier alpha value is -0.680. The summed E-state index contributed by atoms with van der Waals surface area (Å²) in [7, 11) is 0. The van der Waals surface area contributed by atoms with Crippen LogP contribution in [0.3, 0.4) is 0 Å². The number of hydrogen-bond acceptors (Lipinski definition) is 3. The molecule has 0 aromatic carbocycles. The van der Waals surface area contributed by atoms with Crippen LogP contribution in [0, 0.1) is 0 Å². The van der Waals surface area contributed by atoms with Crippen molar-refractivity contribution >= 4 is 39.1 Å². The maximum Gasteiger partial charge on any atom is 0.229 e. The summed E-state index contributed by atoms with van der Waals surface area (Å²) in [6, 6.07) is 1.94. The van der Waals surface area contributed by atoms with Gasteiger partial charge in [-0.05, 0) is 28.4 Å². The summed E-state index contributed by atoms with van der Waals surface area (Å²) >= 11 is 4.90. The van der Waals surface area contributed by atoms with Gasteiger partial charge >= 0.3 is 0 Å². The Bertz CT molecular complexity index is 386. The topological polar surface area (TPSA) is 37.4 Å². The second-order valence-corrected chi connectivity index (χ2v) is 5.37. The fraction of sp³-hybridized carbons (Fsp3) is 0.400. The zero-order valence-corrected chi connectivity index (χ0v) is 10.4. The molecule has 0 spiro atoms. The van der Waals surface area contributed by atoms with E-state index >= 15 is 0 Å². The maximum atomic E-state index is 11.5. The fourth-order valence-corrected chi connectivity index (χ4v) is 3.01.